The fourth-order valence-electron chi connectivity index (χ4n) is 4.63. The molecule has 5 rings (SSSR count). The number of fused-ring (bicyclic) bond motifs is 1. The number of benzene rings is 1. The lowest BCUT2D eigenvalue weighted by Crippen LogP contribution is -2.37. The Morgan fingerprint density at radius 3 is 2.37 bits per heavy atom. The third-order valence-electron chi connectivity index (χ3n) is 6.11. The molecule has 30 heavy (non-hydrogen) atoms. The average molecular weight is 421 g/mol. The van der Waals surface area contributed by atoms with E-state index in [1.165, 1.54) is 4.68 Å². The van der Waals surface area contributed by atoms with Crippen LogP contribution in [0.3, 0.4) is 0 Å². The third-order valence-corrected chi connectivity index (χ3v) is 6.11. The highest BCUT2D eigenvalue weighted by atomic mass is 19.4. The van der Waals surface area contributed by atoms with E-state index in [4.69, 9.17) is 9.47 Å². The molecule has 0 saturated carbocycles. The fourth-order valence-corrected chi connectivity index (χ4v) is 4.63. The summed E-state index contributed by atoms with van der Waals surface area (Å²) < 4.78 is 53.8. The Kier molecular flexibility index (Phi) is 4.62. The van der Waals surface area contributed by atoms with Crippen molar-refractivity contribution in [2.45, 2.75) is 44.1 Å². The first-order valence-corrected chi connectivity index (χ1v) is 10.2. The normalized spacial score (nSPS) is 20.7. The van der Waals surface area contributed by atoms with Gasteiger partial charge in [-0.3, -0.25) is 4.79 Å². The van der Waals surface area contributed by atoms with E-state index in [1.54, 1.807) is 29.2 Å². The van der Waals surface area contributed by atoms with Crippen LogP contribution in [0.15, 0.2) is 24.3 Å². The largest absolute Gasteiger partial charge is 0.435 e. The Morgan fingerprint density at radius 1 is 1.07 bits per heavy atom. The van der Waals surface area contributed by atoms with Crippen molar-refractivity contribution in [1.29, 1.82) is 0 Å². The molecule has 6 nitrogen and oxygen atoms in total. The van der Waals surface area contributed by atoms with E-state index in [-0.39, 0.29) is 17.9 Å². The highest BCUT2D eigenvalue weighted by Crippen LogP contribution is 2.42. The summed E-state index contributed by atoms with van der Waals surface area (Å²) in [5.74, 6) is -1.03. The highest BCUT2D eigenvalue weighted by Gasteiger charge is 2.47. The minimum Gasteiger partial charge on any atom is -0.347 e. The van der Waals surface area contributed by atoms with E-state index < -0.39 is 17.7 Å². The summed E-state index contributed by atoms with van der Waals surface area (Å²) in [5.41, 5.74) is 0.791. The van der Waals surface area contributed by atoms with Crippen molar-refractivity contribution < 1.29 is 27.4 Å². The molecule has 1 aromatic carbocycles. The highest BCUT2D eigenvalue weighted by molar-refractivity contribution is 5.94. The van der Waals surface area contributed by atoms with Gasteiger partial charge in [0.2, 0.25) is 0 Å². The van der Waals surface area contributed by atoms with Crippen LogP contribution in [0.1, 0.15) is 46.6 Å². The van der Waals surface area contributed by atoms with Crippen LogP contribution in [0.4, 0.5) is 13.2 Å². The molecular weight excluding hydrogens is 399 g/mol. The lowest BCUT2D eigenvalue weighted by Gasteiger charge is -2.32. The topological polar surface area (TPSA) is 56.6 Å². The molecule has 3 heterocycles. The molecule has 1 amide bonds. The molecule has 1 aromatic heterocycles. The number of amides is 1. The molecule has 0 unspecified atom stereocenters. The molecule has 2 aliphatic heterocycles. The lowest BCUT2D eigenvalue weighted by atomic mass is 9.90. The Balaban J connectivity index is 1.49. The number of aromatic nitrogens is 2. The number of alkyl halides is 3. The lowest BCUT2D eigenvalue weighted by molar-refractivity contribution is -0.167. The quantitative estimate of drug-likeness (QED) is 0.746. The second kappa shape index (κ2) is 7.09. The van der Waals surface area contributed by atoms with Crippen molar-refractivity contribution in [1.82, 2.24) is 14.7 Å². The van der Waals surface area contributed by atoms with Gasteiger partial charge in [0.15, 0.2) is 11.5 Å². The first kappa shape index (κ1) is 19.6. The molecule has 3 aliphatic rings. The summed E-state index contributed by atoms with van der Waals surface area (Å²) in [4.78, 5) is 14.3. The molecule has 1 aliphatic carbocycles. The smallest absolute Gasteiger partial charge is 0.347 e. The van der Waals surface area contributed by atoms with Crippen LogP contribution in [0.25, 0.3) is 5.69 Å². The van der Waals surface area contributed by atoms with Gasteiger partial charge >= 0.3 is 6.18 Å². The molecule has 9 heteroatoms. The Labute approximate surface area is 171 Å². The minimum absolute atomic E-state index is 0.0305. The van der Waals surface area contributed by atoms with Crippen LogP contribution >= 0.6 is 0 Å². The van der Waals surface area contributed by atoms with E-state index in [0.717, 1.165) is 25.9 Å². The van der Waals surface area contributed by atoms with Gasteiger partial charge in [-0.05, 0) is 43.5 Å². The van der Waals surface area contributed by atoms with Gasteiger partial charge < -0.3 is 14.4 Å². The summed E-state index contributed by atoms with van der Waals surface area (Å²) in [6.07, 6.45) is -1.70. The number of halogens is 3. The second-order valence-electron chi connectivity index (χ2n) is 8.01. The summed E-state index contributed by atoms with van der Waals surface area (Å²) in [7, 11) is 0. The molecule has 0 atom stereocenters. The third kappa shape index (κ3) is 3.30. The van der Waals surface area contributed by atoms with Crippen molar-refractivity contribution in [3.8, 4) is 5.69 Å². The van der Waals surface area contributed by atoms with E-state index in [9.17, 15) is 18.0 Å². The molecule has 2 aromatic rings. The van der Waals surface area contributed by atoms with Crippen LogP contribution in [0.2, 0.25) is 0 Å². The van der Waals surface area contributed by atoms with Crippen molar-refractivity contribution in [2.75, 3.05) is 26.3 Å². The Hall–Kier alpha value is -2.39. The van der Waals surface area contributed by atoms with E-state index in [1.807, 2.05) is 0 Å². The number of hydrogen-bond donors (Lipinski definition) is 0. The number of carbonyl (C=O) groups is 1. The molecule has 160 valence electrons. The van der Waals surface area contributed by atoms with Crippen LogP contribution < -0.4 is 0 Å². The van der Waals surface area contributed by atoms with Gasteiger partial charge in [0.1, 0.15) is 0 Å². The van der Waals surface area contributed by atoms with Crippen molar-refractivity contribution in [2.24, 2.45) is 0 Å². The zero-order valence-corrected chi connectivity index (χ0v) is 16.4. The van der Waals surface area contributed by atoms with E-state index in [2.05, 4.69) is 5.10 Å². The second-order valence-corrected chi connectivity index (χ2v) is 8.01. The molecule has 2 saturated heterocycles. The number of hydrogen-bond acceptors (Lipinski definition) is 4. The maximum absolute atomic E-state index is 13.7. The van der Waals surface area contributed by atoms with Crippen molar-refractivity contribution >= 4 is 5.91 Å². The van der Waals surface area contributed by atoms with Gasteiger partial charge in [-0.25, -0.2) is 4.68 Å². The van der Waals surface area contributed by atoms with Gasteiger partial charge in [-0.1, -0.05) is 0 Å². The molecule has 1 spiro atoms. The van der Waals surface area contributed by atoms with E-state index >= 15 is 0 Å². The van der Waals surface area contributed by atoms with Crippen LogP contribution in [-0.4, -0.2) is 52.7 Å². The van der Waals surface area contributed by atoms with Crippen LogP contribution in [0, 0.1) is 0 Å². The average Bonchev–Trinajstić information content (AvgIpc) is 3.47. The molecule has 0 N–H and O–H groups in total. The number of carbonyl (C=O) groups excluding carboxylic acids is 1. The summed E-state index contributed by atoms with van der Waals surface area (Å²) in [6.45, 7) is 2.26. The first-order chi connectivity index (χ1) is 14.4. The predicted octanol–water partition coefficient (Wildman–Crippen LogP) is 3.36. The number of likely N-dealkylation sites (tertiary alicyclic amines) is 1. The Bertz CT molecular complexity index is 956. The molecule has 0 radical (unpaired) electrons. The van der Waals surface area contributed by atoms with Crippen LogP contribution in [0.5, 0.6) is 0 Å². The summed E-state index contributed by atoms with van der Waals surface area (Å²) >= 11 is 0. The maximum atomic E-state index is 13.7. The molecule has 0 bridgehead atoms. The standard InChI is InChI=1S/C21H22F3N3O3/c22-21(23,24)18-16-13-20(29-11-12-30-20)8-7-17(16)27(25-18)15-5-3-14(4-6-15)19(28)26-9-1-2-10-26/h3-6H,1-2,7-13H2. The van der Waals surface area contributed by atoms with E-state index in [0.29, 0.717) is 43.0 Å². The number of ether oxygens (including phenoxy) is 2. The first-order valence-electron chi connectivity index (χ1n) is 10.2. The maximum Gasteiger partial charge on any atom is 0.435 e. The zero-order chi connectivity index (χ0) is 20.9. The fraction of sp³-hybridized carbons (Fsp3) is 0.524. The van der Waals surface area contributed by atoms with Crippen LogP contribution in [-0.2, 0) is 28.5 Å². The monoisotopic (exact) mass is 421 g/mol. The number of rotatable bonds is 2. The van der Waals surface area contributed by atoms with Crippen molar-refractivity contribution in [3.05, 3.63) is 46.8 Å². The SMILES string of the molecule is O=C(c1ccc(-n2nc(C(F)(F)F)c3c2CCC2(C3)OCCO2)cc1)N1CCCC1. The summed E-state index contributed by atoms with van der Waals surface area (Å²) in [6, 6.07) is 6.63. The Morgan fingerprint density at radius 2 is 1.73 bits per heavy atom. The van der Waals surface area contributed by atoms with Gasteiger partial charge in [0.25, 0.3) is 5.91 Å². The molecule has 2 fully saturated rings. The van der Waals surface area contributed by atoms with Gasteiger partial charge in [-0.15, -0.1) is 0 Å². The van der Waals surface area contributed by atoms with Gasteiger partial charge in [0, 0.05) is 42.8 Å². The molecular formula is C21H22F3N3O3. The van der Waals surface area contributed by atoms with Gasteiger partial charge in [0.05, 0.1) is 18.9 Å². The summed E-state index contributed by atoms with van der Waals surface area (Å²) in [5, 5.41) is 3.93. The minimum atomic E-state index is -4.57. The van der Waals surface area contributed by atoms with Crippen molar-refractivity contribution in [3.63, 3.8) is 0 Å². The number of nitrogens with zero attached hydrogens (tertiary/aromatic N) is 3. The van der Waals surface area contributed by atoms with Gasteiger partial charge in [-0.2, -0.15) is 18.3 Å². The predicted molar refractivity (Wildman–Crippen MR) is 100 cm³/mol. The zero-order valence-electron chi connectivity index (χ0n) is 16.4.